The van der Waals surface area contributed by atoms with E-state index in [2.05, 4.69) is 32.9 Å². The van der Waals surface area contributed by atoms with Gasteiger partial charge in [-0.25, -0.2) is 0 Å². The number of rotatable bonds is 13. The lowest BCUT2D eigenvalue weighted by atomic mass is 9.60. The molecule has 2 fully saturated rings. The Kier molecular flexibility index (Phi) is 9.02. The lowest BCUT2D eigenvalue weighted by molar-refractivity contribution is -0.187. The SMILES string of the molecule is CCCCCCCC/C=C\CCCC(=O)O[C@@]12C[C@@H](C)[C@@]3(O)[C@@H](C=C(C=O)C[C@]4(O)C(=O)C(C)=C[C@@H]34)[C@@H]1C2(C)C. The van der Waals surface area contributed by atoms with Crippen molar-refractivity contribution in [2.45, 2.75) is 128 Å². The molecular weight excluding hydrogens is 504 g/mol. The van der Waals surface area contributed by atoms with Gasteiger partial charge in [-0.2, -0.15) is 0 Å². The van der Waals surface area contributed by atoms with Crippen molar-refractivity contribution < 1.29 is 29.3 Å². The number of Topliss-reactive ketones (excluding diaryl/α,β-unsaturated/α-hetero) is 1. The number of carbonyl (C=O) groups is 3. The van der Waals surface area contributed by atoms with E-state index in [4.69, 9.17) is 4.74 Å². The summed E-state index contributed by atoms with van der Waals surface area (Å²) in [6.07, 6.45) is 19.6. The largest absolute Gasteiger partial charge is 0.458 e. The zero-order valence-electron chi connectivity index (χ0n) is 25.2. The van der Waals surface area contributed by atoms with Gasteiger partial charge in [-0.1, -0.05) is 84.1 Å². The molecule has 0 bridgehead atoms. The van der Waals surface area contributed by atoms with Crippen LogP contribution in [0.5, 0.6) is 0 Å². The number of esters is 1. The van der Waals surface area contributed by atoms with Crippen molar-refractivity contribution in [3.8, 4) is 0 Å². The van der Waals surface area contributed by atoms with Crippen LogP contribution in [-0.2, 0) is 19.1 Å². The van der Waals surface area contributed by atoms with Gasteiger partial charge in [0.2, 0.25) is 0 Å². The molecule has 4 aliphatic carbocycles. The molecule has 0 spiro atoms. The maximum atomic E-state index is 13.1. The quantitative estimate of drug-likeness (QED) is 0.122. The van der Waals surface area contributed by atoms with Crippen molar-refractivity contribution in [2.24, 2.45) is 29.1 Å². The zero-order valence-corrected chi connectivity index (χ0v) is 25.2. The molecule has 0 unspecified atom stereocenters. The summed E-state index contributed by atoms with van der Waals surface area (Å²) in [4.78, 5) is 38.1. The van der Waals surface area contributed by atoms with Crippen molar-refractivity contribution in [3.05, 3.63) is 35.5 Å². The predicted octanol–water partition coefficient (Wildman–Crippen LogP) is 6.19. The van der Waals surface area contributed by atoms with Crippen LogP contribution in [-0.4, -0.2) is 45.1 Å². The van der Waals surface area contributed by atoms with E-state index in [9.17, 15) is 24.6 Å². The van der Waals surface area contributed by atoms with Gasteiger partial charge in [0.15, 0.2) is 5.78 Å². The smallest absolute Gasteiger partial charge is 0.306 e. The van der Waals surface area contributed by atoms with Gasteiger partial charge in [0.1, 0.15) is 17.5 Å². The van der Waals surface area contributed by atoms with Crippen LogP contribution in [0.25, 0.3) is 0 Å². The third-order valence-corrected chi connectivity index (χ3v) is 10.7. The third-order valence-electron chi connectivity index (χ3n) is 10.7. The van der Waals surface area contributed by atoms with Gasteiger partial charge in [-0.3, -0.25) is 14.4 Å². The van der Waals surface area contributed by atoms with Crippen molar-refractivity contribution in [3.63, 3.8) is 0 Å². The average molecular weight is 555 g/mol. The highest BCUT2D eigenvalue weighted by atomic mass is 16.6. The van der Waals surface area contributed by atoms with E-state index in [-0.39, 0.29) is 24.2 Å². The molecule has 6 nitrogen and oxygen atoms in total. The van der Waals surface area contributed by atoms with Gasteiger partial charge in [0.25, 0.3) is 0 Å². The van der Waals surface area contributed by atoms with Crippen LogP contribution in [0.3, 0.4) is 0 Å². The maximum absolute atomic E-state index is 13.1. The van der Waals surface area contributed by atoms with Gasteiger partial charge in [0.05, 0.1) is 5.60 Å². The highest BCUT2D eigenvalue weighted by Gasteiger charge is 2.83. The predicted molar refractivity (Wildman–Crippen MR) is 155 cm³/mol. The van der Waals surface area contributed by atoms with Crippen molar-refractivity contribution in [1.82, 2.24) is 0 Å². The monoisotopic (exact) mass is 554 g/mol. The lowest BCUT2D eigenvalue weighted by Crippen LogP contribution is -2.61. The van der Waals surface area contributed by atoms with Crippen LogP contribution in [0.1, 0.15) is 112 Å². The second kappa shape index (κ2) is 11.7. The molecule has 7 atom stereocenters. The normalized spacial score (nSPS) is 37.6. The summed E-state index contributed by atoms with van der Waals surface area (Å²) in [5.41, 5.74) is -3.72. The summed E-state index contributed by atoms with van der Waals surface area (Å²) in [7, 11) is 0. The molecule has 0 saturated heterocycles. The molecule has 0 aliphatic heterocycles. The highest BCUT2D eigenvalue weighted by Crippen LogP contribution is 2.76. The molecule has 0 aromatic carbocycles. The van der Waals surface area contributed by atoms with Gasteiger partial charge in [0, 0.05) is 36.0 Å². The summed E-state index contributed by atoms with van der Waals surface area (Å²) < 4.78 is 6.28. The number of aldehydes is 1. The number of ketones is 1. The van der Waals surface area contributed by atoms with Gasteiger partial charge in [-0.05, 0) is 56.1 Å². The average Bonchev–Trinajstić information content (AvgIpc) is 3.31. The van der Waals surface area contributed by atoms with Crippen LogP contribution in [0.15, 0.2) is 35.5 Å². The number of hydrogen-bond acceptors (Lipinski definition) is 6. The number of ether oxygens (including phenoxy) is 1. The number of fused-ring (bicyclic) bond motifs is 5. The molecule has 2 N–H and O–H groups in total. The first-order valence-electron chi connectivity index (χ1n) is 15.6. The Bertz CT molecular complexity index is 1080. The summed E-state index contributed by atoms with van der Waals surface area (Å²) in [6.45, 7) is 9.91. The second-order valence-electron chi connectivity index (χ2n) is 13.6. The summed E-state index contributed by atoms with van der Waals surface area (Å²) in [5, 5.41) is 23.9. The Morgan fingerprint density at radius 2 is 1.70 bits per heavy atom. The van der Waals surface area contributed by atoms with E-state index >= 15 is 0 Å². The van der Waals surface area contributed by atoms with E-state index < -0.39 is 39.8 Å². The molecule has 4 rings (SSSR count). The molecule has 40 heavy (non-hydrogen) atoms. The van der Waals surface area contributed by atoms with Crippen LogP contribution in [0.2, 0.25) is 0 Å². The zero-order chi connectivity index (χ0) is 29.3. The topological polar surface area (TPSA) is 101 Å². The molecule has 4 aliphatic rings. The first-order chi connectivity index (χ1) is 18.9. The fraction of sp³-hybridized carbons (Fsp3) is 0.735. The third kappa shape index (κ3) is 5.08. The summed E-state index contributed by atoms with van der Waals surface area (Å²) in [6, 6.07) is 0. The molecule has 0 amide bonds. The van der Waals surface area contributed by atoms with Gasteiger partial charge < -0.3 is 14.9 Å². The Labute approximate surface area is 240 Å². The Morgan fingerprint density at radius 1 is 1.05 bits per heavy atom. The van der Waals surface area contributed by atoms with Gasteiger partial charge in [-0.15, -0.1) is 0 Å². The van der Waals surface area contributed by atoms with Crippen molar-refractivity contribution in [1.29, 1.82) is 0 Å². The van der Waals surface area contributed by atoms with E-state index in [1.807, 2.05) is 6.92 Å². The highest BCUT2D eigenvalue weighted by molar-refractivity contribution is 6.05. The molecule has 6 heteroatoms. The van der Waals surface area contributed by atoms with Crippen LogP contribution in [0.4, 0.5) is 0 Å². The fourth-order valence-corrected chi connectivity index (χ4v) is 8.41. The Morgan fingerprint density at radius 3 is 2.38 bits per heavy atom. The molecule has 0 aromatic rings. The molecule has 2 saturated carbocycles. The molecule has 0 radical (unpaired) electrons. The van der Waals surface area contributed by atoms with E-state index in [0.29, 0.717) is 30.3 Å². The van der Waals surface area contributed by atoms with E-state index in [1.54, 1.807) is 19.1 Å². The van der Waals surface area contributed by atoms with Gasteiger partial charge >= 0.3 is 5.97 Å². The molecule has 0 heterocycles. The summed E-state index contributed by atoms with van der Waals surface area (Å²) >= 11 is 0. The fourth-order valence-electron chi connectivity index (χ4n) is 8.41. The number of allylic oxidation sites excluding steroid dienone is 2. The minimum absolute atomic E-state index is 0.119. The van der Waals surface area contributed by atoms with Crippen LogP contribution < -0.4 is 0 Å². The van der Waals surface area contributed by atoms with Crippen molar-refractivity contribution in [2.75, 3.05) is 0 Å². The molecule has 0 aromatic heterocycles. The standard InChI is InChI=1S/C34H50O6/c1-6-7-8-9-10-11-12-13-14-15-16-17-28(36)40-33-20-24(3)34(39)26(29(33)31(33,4)5)19-25(22-35)21-32(38)27(34)18-23(2)30(32)37/h13-14,18-19,22,24,26-27,29,38-39H,6-12,15-17,20-21H2,1-5H3/b14-13-/t24-,26+,27-,29-,32-,33+,34-/m1/s1. The van der Waals surface area contributed by atoms with Crippen LogP contribution >= 0.6 is 0 Å². The number of carbonyl (C=O) groups excluding carboxylic acids is 3. The van der Waals surface area contributed by atoms with Crippen LogP contribution in [0, 0.1) is 29.1 Å². The molecular formula is C34H50O6. The first kappa shape index (κ1) is 30.9. The van der Waals surface area contributed by atoms with Crippen molar-refractivity contribution >= 4 is 18.0 Å². The lowest BCUT2D eigenvalue weighted by Gasteiger charge is -2.50. The number of hydrogen-bond donors (Lipinski definition) is 2. The van der Waals surface area contributed by atoms with E-state index in [0.717, 1.165) is 19.3 Å². The second-order valence-corrected chi connectivity index (χ2v) is 13.6. The van der Waals surface area contributed by atoms with E-state index in [1.165, 1.54) is 38.5 Å². The number of unbranched alkanes of at least 4 members (excludes halogenated alkanes) is 7. The number of aliphatic hydroxyl groups is 2. The maximum Gasteiger partial charge on any atom is 0.306 e. The minimum atomic E-state index is -1.84. The Balaban J connectivity index is 1.40. The Hall–Kier alpha value is -2.05. The summed E-state index contributed by atoms with van der Waals surface area (Å²) in [5.74, 6) is -2.60. The molecule has 222 valence electrons. The first-order valence-corrected chi connectivity index (χ1v) is 15.6. The minimum Gasteiger partial charge on any atom is -0.458 e.